The van der Waals surface area contributed by atoms with Gasteiger partial charge in [-0.05, 0) is 72.9 Å². The van der Waals surface area contributed by atoms with E-state index < -0.39 is 5.97 Å². The molecule has 0 aromatic heterocycles. The first-order valence-electron chi connectivity index (χ1n) is 16.4. The van der Waals surface area contributed by atoms with Crippen LogP contribution in [0.1, 0.15) is 77.6 Å². The molecule has 8 heteroatoms. The highest BCUT2D eigenvalue weighted by molar-refractivity contribution is 5.94. The molecule has 1 unspecified atom stereocenters. The average Bonchev–Trinajstić information content (AvgIpc) is 3.04. The summed E-state index contributed by atoms with van der Waals surface area (Å²) in [7, 11) is 0. The van der Waals surface area contributed by atoms with Crippen LogP contribution in [0.15, 0.2) is 72.8 Å². The normalized spacial score (nSPS) is 21.4. The summed E-state index contributed by atoms with van der Waals surface area (Å²) in [6.45, 7) is 15.7. The Balaban J connectivity index is 1.31. The summed E-state index contributed by atoms with van der Waals surface area (Å²) in [6.07, 6.45) is 1.17. The second kappa shape index (κ2) is 14.6. The Morgan fingerprint density at radius 1 is 0.844 bits per heavy atom. The fraction of sp³-hybridized carbons (Fsp3) is 0.459. The molecule has 2 aliphatic heterocycles. The van der Waals surface area contributed by atoms with Crippen molar-refractivity contribution in [3.8, 4) is 5.75 Å². The number of aromatic hydroxyl groups is 1. The molecule has 0 saturated carbocycles. The van der Waals surface area contributed by atoms with Crippen molar-refractivity contribution in [3.05, 3.63) is 101 Å². The maximum absolute atomic E-state index is 13.8. The largest absolute Gasteiger partial charge is 0.508 e. The number of carbonyl (C=O) groups is 2. The number of carboxylic acid groups (broad SMARTS) is 1. The van der Waals surface area contributed by atoms with E-state index in [2.05, 4.69) is 60.6 Å². The summed E-state index contributed by atoms with van der Waals surface area (Å²) in [4.78, 5) is 34.3. The quantitative estimate of drug-likeness (QED) is 0.309. The molecular weight excluding hydrogens is 564 g/mol. The van der Waals surface area contributed by atoms with Gasteiger partial charge >= 0.3 is 5.97 Å². The smallest absolute Gasteiger partial charge is 0.335 e. The number of hydrogen-bond donors (Lipinski definition) is 2. The van der Waals surface area contributed by atoms with Gasteiger partial charge in [0.05, 0.1) is 11.6 Å². The number of aromatic carboxylic acids is 1. The zero-order chi connectivity index (χ0) is 32.1. The zero-order valence-corrected chi connectivity index (χ0v) is 27.1. The van der Waals surface area contributed by atoms with Crippen molar-refractivity contribution in [1.29, 1.82) is 0 Å². The van der Waals surface area contributed by atoms with Crippen molar-refractivity contribution < 1.29 is 19.8 Å². The number of phenols is 1. The van der Waals surface area contributed by atoms with Gasteiger partial charge in [-0.25, -0.2) is 4.79 Å². The molecule has 2 saturated heterocycles. The number of carbonyl (C=O) groups excluding carboxylic acids is 1. The maximum Gasteiger partial charge on any atom is 0.335 e. The maximum atomic E-state index is 13.8. The highest BCUT2D eigenvalue weighted by Crippen LogP contribution is 2.35. The molecule has 0 radical (unpaired) electrons. The third-order valence-electron chi connectivity index (χ3n) is 9.64. The molecule has 2 N–H and O–H groups in total. The molecule has 240 valence electrons. The van der Waals surface area contributed by atoms with Crippen molar-refractivity contribution in [2.24, 2.45) is 5.92 Å². The van der Waals surface area contributed by atoms with Crippen LogP contribution in [-0.2, 0) is 6.54 Å². The van der Waals surface area contributed by atoms with Crippen molar-refractivity contribution >= 4 is 11.9 Å². The van der Waals surface area contributed by atoms with Crippen LogP contribution in [0.5, 0.6) is 5.75 Å². The van der Waals surface area contributed by atoms with Gasteiger partial charge in [0.1, 0.15) is 5.75 Å². The molecular formula is C37H48N4O4. The number of benzene rings is 3. The van der Waals surface area contributed by atoms with Crippen LogP contribution in [0.4, 0.5) is 0 Å². The molecule has 3 aromatic rings. The first kappa shape index (κ1) is 32.7. The molecule has 2 heterocycles. The fourth-order valence-corrected chi connectivity index (χ4v) is 6.78. The predicted molar refractivity (Wildman–Crippen MR) is 178 cm³/mol. The van der Waals surface area contributed by atoms with E-state index >= 15 is 0 Å². The fourth-order valence-electron chi connectivity index (χ4n) is 6.78. The highest BCUT2D eigenvalue weighted by Gasteiger charge is 2.35. The van der Waals surface area contributed by atoms with Crippen molar-refractivity contribution in [1.82, 2.24) is 19.6 Å². The Morgan fingerprint density at radius 2 is 1.51 bits per heavy atom. The average molecular weight is 613 g/mol. The topological polar surface area (TPSA) is 87.6 Å². The molecule has 0 bridgehead atoms. The predicted octanol–water partition coefficient (Wildman–Crippen LogP) is 5.58. The molecule has 0 aliphatic carbocycles. The number of hydrogen-bond acceptors (Lipinski definition) is 6. The molecule has 8 nitrogen and oxygen atoms in total. The monoisotopic (exact) mass is 612 g/mol. The second-order valence-electron chi connectivity index (χ2n) is 13.1. The first-order chi connectivity index (χ1) is 21.6. The third-order valence-corrected chi connectivity index (χ3v) is 9.64. The SMILES string of the molecule is CCC(C)CN1C[C@H](C)N([C@@H](c2cccc(O)c2)c2cccc(C(=O)N3CCN(Cc4ccc(C(=O)O)cc4)CC3)c2)C[C@H]1C. The summed E-state index contributed by atoms with van der Waals surface area (Å²) in [5.41, 5.74) is 4.13. The van der Waals surface area contributed by atoms with Crippen LogP contribution in [0.25, 0.3) is 0 Å². The number of rotatable bonds is 10. The van der Waals surface area contributed by atoms with Crippen LogP contribution < -0.4 is 0 Å². The third kappa shape index (κ3) is 7.93. The Hall–Kier alpha value is -3.72. The van der Waals surface area contributed by atoms with Gasteiger partial charge in [-0.3, -0.25) is 19.5 Å². The summed E-state index contributed by atoms with van der Waals surface area (Å²) >= 11 is 0. The minimum Gasteiger partial charge on any atom is -0.508 e. The van der Waals surface area contributed by atoms with Gasteiger partial charge < -0.3 is 15.1 Å². The zero-order valence-electron chi connectivity index (χ0n) is 27.1. The number of piperazine rings is 2. The van der Waals surface area contributed by atoms with Gasteiger partial charge in [0.2, 0.25) is 0 Å². The molecule has 5 rings (SSSR count). The van der Waals surface area contributed by atoms with Crippen LogP contribution in [0, 0.1) is 5.92 Å². The van der Waals surface area contributed by atoms with Gasteiger partial charge in [-0.15, -0.1) is 0 Å². The lowest BCUT2D eigenvalue weighted by Gasteiger charge is -2.48. The first-order valence-corrected chi connectivity index (χ1v) is 16.4. The summed E-state index contributed by atoms with van der Waals surface area (Å²) in [5, 5.41) is 19.6. The second-order valence-corrected chi connectivity index (χ2v) is 13.1. The van der Waals surface area contributed by atoms with E-state index in [1.807, 2.05) is 41.3 Å². The van der Waals surface area contributed by atoms with Crippen LogP contribution in [0.2, 0.25) is 0 Å². The lowest BCUT2D eigenvalue weighted by atomic mass is 9.92. The molecule has 2 fully saturated rings. The van der Waals surface area contributed by atoms with E-state index in [0.717, 1.165) is 56.0 Å². The lowest BCUT2D eigenvalue weighted by molar-refractivity contribution is 0.0167. The summed E-state index contributed by atoms with van der Waals surface area (Å²) in [6, 6.07) is 23.2. The Labute approximate surface area is 267 Å². The van der Waals surface area contributed by atoms with E-state index in [1.165, 1.54) is 6.42 Å². The standard InChI is InChI=1S/C37H48N4O4/c1-5-26(2)22-40-23-28(4)41(24-27(40)3)35(32-9-7-11-34(42)21-32)31-8-6-10-33(20-31)36(43)39-18-16-38(17-19-39)25-29-12-14-30(15-13-29)37(44)45/h6-15,20-21,26-28,35,42H,5,16-19,22-25H2,1-4H3,(H,44,45)/t26?,27-,28+,35-/m1/s1. The molecule has 2 aliphatic rings. The van der Waals surface area contributed by atoms with Gasteiger partial charge in [-0.1, -0.05) is 56.7 Å². The van der Waals surface area contributed by atoms with Crippen molar-refractivity contribution in [3.63, 3.8) is 0 Å². The van der Waals surface area contributed by atoms with E-state index in [0.29, 0.717) is 36.7 Å². The lowest BCUT2D eigenvalue weighted by Crippen LogP contribution is -2.57. The molecule has 0 spiro atoms. The van der Waals surface area contributed by atoms with E-state index in [4.69, 9.17) is 5.11 Å². The molecule has 45 heavy (non-hydrogen) atoms. The Kier molecular flexibility index (Phi) is 10.6. The van der Waals surface area contributed by atoms with Crippen LogP contribution in [-0.4, -0.2) is 99.6 Å². The van der Waals surface area contributed by atoms with Crippen molar-refractivity contribution in [2.45, 2.75) is 58.8 Å². The van der Waals surface area contributed by atoms with Gasteiger partial charge in [-0.2, -0.15) is 0 Å². The number of amides is 1. The van der Waals surface area contributed by atoms with Gasteiger partial charge in [0.25, 0.3) is 5.91 Å². The van der Waals surface area contributed by atoms with Gasteiger partial charge in [0.15, 0.2) is 0 Å². The van der Waals surface area contributed by atoms with E-state index in [-0.39, 0.29) is 23.3 Å². The van der Waals surface area contributed by atoms with E-state index in [1.54, 1.807) is 18.2 Å². The van der Waals surface area contributed by atoms with Crippen LogP contribution >= 0.6 is 0 Å². The number of nitrogens with zero attached hydrogens (tertiary/aromatic N) is 4. The minimum absolute atomic E-state index is 0.0387. The Morgan fingerprint density at radius 3 is 2.16 bits per heavy atom. The Bertz CT molecular complexity index is 1450. The molecule has 3 aromatic carbocycles. The van der Waals surface area contributed by atoms with E-state index in [9.17, 15) is 14.7 Å². The van der Waals surface area contributed by atoms with Crippen molar-refractivity contribution in [2.75, 3.05) is 45.8 Å². The molecule has 4 atom stereocenters. The molecule has 1 amide bonds. The minimum atomic E-state index is -0.922. The highest BCUT2D eigenvalue weighted by atomic mass is 16.4. The summed E-state index contributed by atoms with van der Waals surface area (Å²) < 4.78 is 0. The number of phenolic OH excluding ortho intramolecular Hbond substituents is 1. The van der Waals surface area contributed by atoms with Crippen LogP contribution in [0.3, 0.4) is 0 Å². The number of carboxylic acids is 1. The summed E-state index contributed by atoms with van der Waals surface area (Å²) in [5.74, 6) is 0.0194. The van der Waals surface area contributed by atoms with Gasteiger partial charge in [0, 0.05) is 70.0 Å².